The molecule has 1 saturated heterocycles. The van der Waals surface area contributed by atoms with Gasteiger partial charge in [0.2, 0.25) is 5.95 Å². The van der Waals surface area contributed by atoms with Crippen LogP contribution in [0.5, 0.6) is 0 Å². The van der Waals surface area contributed by atoms with Crippen LogP contribution >= 0.6 is 0 Å². The Kier molecular flexibility index (Phi) is 3.15. The molecular formula is C16H21N5. The monoisotopic (exact) mass is 283 g/mol. The zero-order valence-corrected chi connectivity index (χ0v) is 12.1. The molecule has 2 aliphatic rings. The molecule has 4 rings (SSSR count). The van der Waals surface area contributed by atoms with Crippen LogP contribution in [0.15, 0.2) is 24.3 Å². The van der Waals surface area contributed by atoms with E-state index in [0.717, 1.165) is 50.5 Å². The van der Waals surface area contributed by atoms with E-state index in [4.69, 9.17) is 10.7 Å². The first-order valence-electron chi connectivity index (χ1n) is 7.79. The molecule has 1 aromatic heterocycles. The highest BCUT2D eigenvalue weighted by atomic mass is 15.4. The van der Waals surface area contributed by atoms with Gasteiger partial charge in [-0.05, 0) is 36.8 Å². The summed E-state index contributed by atoms with van der Waals surface area (Å²) in [5.74, 6) is 2.26. The maximum atomic E-state index is 6.04. The smallest absolute Gasteiger partial charge is 0.244 e. The number of nitrogens with zero attached hydrogens (tertiary/aromatic N) is 3. The largest absolute Gasteiger partial charge is 0.338 e. The third kappa shape index (κ3) is 2.42. The van der Waals surface area contributed by atoms with Gasteiger partial charge in [0.25, 0.3) is 0 Å². The van der Waals surface area contributed by atoms with Crippen LogP contribution < -0.4 is 10.6 Å². The number of fused-ring (bicyclic) bond motifs is 1. The minimum Gasteiger partial charge on any atom is -0.338 e. The minimum absolute atomic E-state index is 0.247. The highest BCUT2D eigenvalue weighted by molar-refractivity contribution is 5.37. The molecule has 1 unspecified atom stereocenters. The Balaban J connectivity index is 1.51. The van der Waals surface area contributed by atoms with Gasteiger partial charge < -0.3 is 10.6 Å². The second-order valence-electron chi connectivity index (χ2n) is 6.24. The Morgan fingerprint density at radius 3 is 2.67 bits per heavy atom. The van der Waals surface area contributed by atoms with Gasteiger partial charge in [-0.15, -0.1) is 5.10 Å². The van der Waals surface area contributed by atoms with Gasteiger partial charge in [0, 0.05) is 25.0 Å². The molecule has 1 aromatic carbocycles. The van der Waals surface area contributed by atoms with Crippen molar-refractivity contribution >= 4 is 5.95 Å². The zero-order chi connectivity index (χ0) is 14.2. The summed E-state index contributed by atoms with van der Waals surface area (Å²) >= 11 is 0. The number of rotatable bonds is 2. The van der Waals surface area contributed by atoms with Crippen molar-refractivity contribution in [2.24, 2.45) is 5.73 Å². The summed E-state index contributed by atoms with van der Waals surface area (Å²) in [4.78, 5) is 6.94. The first-order chi connectivity index (χ1) is 10.3. The first-order valence-corrected chi connectivity index (χ1v) is 7.79. The van der Waals surface area contributed by atoms with Crippen LogP contribution in [0.1, 0.15) is 35.7 Å². The molecule has 1 aliphatic carbocycles. The van der Waals surface area contributed by atoms with Crippen molar-refractivity contribution in [2.45, 2.75) is 37.6 Å². The van der Waals surface area contributed by atoms with Crippen LogP contribution in [-0.2, 0) is 12.8 Å². The molecule has 1 atom stereocenters. The Labute approximate surface area is 124 Å². The fraction of sp³-hybridized carbons (Fsp3) is 0.500. The van der Waals surface area contributed by atoms with Gasteiger partial charge in [-0.3, -0.25) is 5.10 Å². The molecule has 0 bridgehead atoms. The summed E-state index contributed by atoms with van der Waals surface area (Å²) in [6.45, 7) is 1.87. The number of nitrogens with two attached hydrogens (primary N) is 1. The van der Waals surface area contributed by atoms with Gasteiger partial charge in [0.1, 0.15) is 5.82 Å². The molecule has 110 valence electrons. The van der Waals surface area contributed by atoms with E-state index in [1.165, 1.54) is 11.1 Å². The molecule has 21 heavy (non-hydrogen) atoms. The van der Waals surface area contributed by atoms with Gasteiger partial charge in [-0.2, -0.15) is 4.98 Å². The fourth-order valence-electron chi connectivity index (χ4n) is 3.53. The number of hydrogen-bond acceptors (Lipinski definition) is 4. The Hall–Kier alpha value is -1.88. The van der Waals surface area contributed by atoms with Crippen molar-refractivity contribution in [1.82, 2.24) is 15.2 Å². The fourth-order valence-corrected chi connectivity index (χ4v) is 3.53. The predicted molar refractivity (Wildman–Crippen MR) is 82.4 cm³/mol. The molecular weight excluding hydrogens is 262 g/mol. The lowest BCUT2D eigenvalue weighted by Crippen LogP contribution is -2.43. The third-order valence-electron chi connectivity index (χ3n) is 4.67. The summed E-state index contributed by atoms with van der Waals surface area (Å²) in [7, 11) is 0. The van der Waals surface area contributed by atoms with Gasteiger partial charge >= 0.3 is 0 Å². The lowest BCUT2D eigenvalue weighted by molar-refractivity contribution is 0.500. The highest BCUT2D eigenvalue weighted by Gasteiger charge is 2.27. The van der Waals surface area contributed by atoms with Crippen molar-refractivity contribution in [3.05, 3.63) is 41.2 Å². The van der Waals surface area contributed by atoms with E-state index in [1.54, 1.807) is 0 Å². The van der Waals surface area contributed by atoms with Gasteiger partial charge in [-0.1, -0.05) is 24.3 Å². The average molecular weight is 283 g/mol. The second kappa shape index (κ2) is 5.15. The summed E-state index contributed by atoms with van der Waals surface area (Å²) in [6, 6.07) is 8.91. The van der Waals surface area contributed by atoms with E-state index >= 15 is 0 Å². The van der Waals surface area contributed by atoms with E-state index < -0.39 is 0 Å². The summed E-state index contributed by atoms with van der Waals surface area (Å²) in [5.41, 5.74) is 8.93. The normalized spacial score (nSPS) is 22.5. The van der Waals surface area contributed by atoms with Crippen LogP contribution in [0.2, 0.25) is 0 Å². The quantitative estimate of drug-likeness (QED) is 0.878. The number of benzene rings is 1. The SMILES string of the molecule is NC1CCCN(c2n[nH]c(C3Cc4ccccc4C3)n2)C1. The first kappa shape index (κ1) is 12.8. The van der Waals surface area contributed by atoms with Crippen LogP contribution in [-0.4, -0.2) is 34.3 Å². The van der Waals surface area contributed by atoms with Crippen molar-refractivity contribution in [1.29, 1.82) is 0 Å². The average Bonchev–Trinajstić information content (AvgIpc) is 3.14. The van der Waals surface area contributed by atoms with E-state index in [9.17, 15) is 0 Å². The molecule has 1 fully saturated rings. The molecule has 5 nitrogen and oxygen atoms in total. The van der Waals surface area contributed by atoms with Crippen molar-refractivity contribution in [3.8, 4) is 0 Å². The van der Waals surface area contributed by atoms with Crippen LogP contribution in [0, 0.1) is 0 Å². The zero-order valence-electron chi connectivity index (χ0n) is 12.1. The van der Waals surface area contributed by atoms with E-state index in [2.05, 4.69) is 39.4 Å². The second-order valence-corrected chi connectivity index (χ2v) is 6.24. The molecule has 5 heteroatoms. The van der Waals surface area contributed by atoms with Gasteiger partial charge in [-0.25, -0.2) is 0 Å². The summed E-state index contributed by atoms with van der Waals surface area (Å²) in [5, 5.41) is 7.57. The molecule has 0 amide bonds. The summed E-state index contributed by atoms with van der Waals surface area (Å²) in [6.07, 6.45) is 4.35. The predicted octanol–water partition coefficient (Wildman–Crippen LogP) is 1.61. The number of hydrogen-bond donors (Lipinski definition) is 2. The van der Waals surface area contributed by atoms with Gasteiger partial charge in [0.05, 0.1) is 0 Å². The van der Waals surface area contributed by atoms with Crippen LogP contribution in [0.25, 0.3) is 0 Å². The molecule has 1 aliphatic heterocycles. The van der Waals surface area contributed by atoms with E-state index in [-0.39, 0.29) is 6.04 Å². The topological polar surface area (TPSA) is 70.8 Å². The molecule has 0 spiro atoms. The van der Waals surface area contributed by atoms with E-state index in [0.29, 0.717) is 5.92 Å². The number of H-pyrrole nitrogens is 1. The number of nitrogens with one attached hydrogen (secondary N) is 1. The standard InChI is InChI=1S/C16H21N5/c17-14-6-3-7-21(10-14)16-18-15(19-20-16)13-8-11-4-1-2-5-12(11)9-13/h1-2,4-5,13-14H,3,6-10,17H2,(H,18,19,20). The Morgan fingerprint density at radius 2 is 1.95 bits per heavy atom. The van der Waals surface area contributed by atoms with Crippen LogP contribution in [0.4, 0.5) is 5.95 Å². The van der Waals surface area contributed by atoms with Gasteiger partial charge in [0.15, 0.2) is 0 Å². The number of aromatic nitrogens is 3. The minimum atomic E-state index is 0.247. The molecule has 0 saturated carbocycles. The lowest BCUT2D eigenvalue weighted by atomic mass is 10.1. The van der Waals surface area contributed by atoms with Crippen molar-refractivity contribution in [3.63, 3.8) is 0 Å². The lowest BCUT2D eigenvalue weighted by Gasteiger charge is -2.29. The highest BCUT2D eigenvalue weighted by Crippen LogP contribution is 2.32. The number of piperidine rings is 1. The number of anilines is 1. The summed E-state index contributed by atoms with van der Waals surface area (Å²) < 4.78 is 0. The molecule has 3 N–H and O–H groups in total. The Bertz CT molecular complexity index is 610. The van der Waals surface area contributed by atoms with E-state index in [1.807, 2.05) is 0 Å². The molecule has 2 aromatic rings. The van der Waals surface area contributed by atoms with Crippen molar-refractivity contribution < 1.29 is 0 Å². The van der Waals surface area contributed by atoms with Crippen molar-refractivity contribution in [2.75, 3.05) is 18.0 Å². The third-order valence-corrected chi connectivity index (χ3v) is 4.67. The molecule has 2 heterocycles. The van der Waals surface area contributed by atoms with Crippen LogP contribution in [0.3, 0.4) is 0 Å². The Morgan fingerprint density at radius 1 is 1.19 bits per heavy atom. The molecule has 0 radical (unpaired) electrons. The maximum Gasteiger partial charge on any atom is 0.244 e. The maximum absolute atomic E-state index is 6.04. The number of aromatic amines is 1.